The van der Waals surface area contributed by atoms with Crippen LogP contribution in [0.15, 0.2) is 28.7 Å². The Bertz CT molecular complexity index is 717. The van der Waals surface area contributed by atoms with Gasteiger partial charge in [-0.1, -0.05) is 27.9 Å². The van der Waals surface area contributed by atoms with Crippen LogP contribution in [0.25, 0.3) is 0 Å². The monoisotopic (exact) mass is 310 g/mol. The number of halogens is 1. The van der Waals surface area contributed by atoms with Crippen molar-refractivity contribution in [3.63, 3.8) is 0 Å². The van der Waals surface area contributed by atoms with Gasteiger partial charge >= 0.3 is 5.97 Å². The molecule has 90 valence electrons. The van der Waals surface area contributed by atoms with Gasteiger partial charge in [-0.25, -0.2) is 4.79 Å². The topological polar surface area (TPSA) is 26.3 Å². The van der Waals surface area contributed by atoms with Gasteiger partial charge < -0.3 is 4.74 Å². The van der Waals surface area contributed by atoms with Crippen LogP contribution in [0.5, 0.6) is 0 Å². The van der Waals surface area contributed by atoms with Crippen LogP contribution in [0, 0.1) is 47.5 Å². The standard InChI is InChI=1S/C16H7BrO2/c1-2-3-4-5-6-7-8-12-19-16(18)14-10-9-11-15(17)13-14/h9-11,13H,1H3. The highest BCUT2D eigenvalue weighted by Crippen LogP contribution is 2.12. The van der Waals surface area contributed by atoms with Gasteiger partial charge in [-0.3, -0.25) is 0 Å². The number of rotatable bonds is 1. The number of hydrogen-bond acceptors (Lipinski definition) is 2. The molecule has 0 saturated carbocycles. The molecule has 0 N–H and O–H groups in total. The van der Waals surface area contributed by atoms with Crippen LogP contribution in [0.3, 0.4) is 0 Å². The largest absolute Gasteiger partial charge is 0.367 e. The van der Waals surface area contributed by atoms with E-state index in [1.54, 1.807) is 25.1 Å². The van der Waals surface area contributed by atoms with E-state index in [-0.39, 0.29) is 0 Å². The predicted octanol–water partition coefficient (Wildman–Crippen LogP) is 2.60. The molecule has 0 fully saturated rings. The van der Waals surface area contributed by atoms with E-state index >= 15 is 0 Å². The number of carbonyl (C=O) groups is 1. The highest BCUT2D eigenvalue weighted by molar-refractivity contribution is 9.10. The fourth-order valence-corrected chi connectivity index (χ4v) is 1.36. The first-order valence-electron chi connectivity index (χ1n) is 5.12. The summed E-state index contributed by atoms with van der Waals surface area (Å²) in [6.45, 7) is 1.68. The molecule has 0 amide bonds. The Morgan fingerprint density at radius 3 is 2.47 bits per heavy atom. The molecule has 0 spiro atoms. The van der Waals surface area contributed by atoms with Crippen molar-refractivity contribution in [2.24, 2.45) is 0 Å². The summed E-state index contributed by atoms with van der Waals surface area (Å²) in [5.74, 6) is 16.8. The second kappa shape index (κ2) is 8.49. The maximum atomic E-state index is 11.5. The van der Waals surface area contributed by atoms with E-state index in [2.05, 4.69) is 63.5 Å². The van der Waals surface area contributed by atoms with Crippen LogP contribution in [0.1, 0.15) is 17.3 Å². The molecular weight excluding hydrogens is 304 g/mol. The average Bonchev–Trinajstić information content (AvgIpc) is 2.41. The maximum absolute atomic E-state index is 11.5. The third-order valence-corrected chi connectivity index (χ3v) is 2.19. The third-order valence-electron chi connectivity index (χ3n) is 1.69. The number of esters is 1. The molecular formula is C16H7BrO2. The Morgan fingerprint density at radius 1 is 1.11 bits per heavy atom. The number of ether oxygens (including phenoxy) is 1. The first-order chi connectivity index (χ1) is 9.24. The molecule has 0 radical (unpaired) electrons. The lowest BCUT2D eigenvalue weighted by Gasteiger charge is -1.96. The molecule has 0 atom stereocenters. The third kappa shape index (κ3) is 6.05. The number of benzene rings is 1. The molecule has 0 saturated heterocycles. The predicted molar refractivity (Wildman–Crippen MR) is 76.3 cm³/mol. The van der Waals surface area contributed by atoms with E-state index in [1.807, 2.05) is 6.07 Å². The van der Waals surface area contributed by atoms with Gasteiger partial charge in [0.05, 0.1) is 5.56 Å². The van der Waals surface area contributed by atoms with Gasteiger partial charge in [0.1, 0.15) is 6.11 Å². The maximum Gasteiger partial charge on any atom is 0.352 e. The molecule has 0 aliphatic carbocycles. The molecule has 1 rings (SSSR count). The minimum atomic E-state index is -0.529. The van der Waals surface area contributed by atoms with E-state index in [0.29, 0.717) is 5.56 Å². The fraction of sp³-hybridized carbons (Fsp3) is 0.0625. The van der Waals surface area contributed by atoms with Crippen LogP contribution >= 0.6 is 15.9 Å². The molecule has 0 aliphatic heterocycles. The Hall–Kier alpha value is -2.59. The Morgan fingerprint density at radius 2 is 1.79 bits per heavy atom. The Balaban J connectivity index is 2.56. The highest BCUT2D eigenvalue weighted by Gasteiger charge is 2.05. The van der Waals surface area contributed by atoms with Crippen LogP contribution in [0.4, 0.5) is 0 Å². The molecule has 0 heterocycles. The molecule has 0 unspecified atom stereocenters. The van der Waals surface area contributed by atoms with Gasteiger partial charge in [0.25, 0.3) is 0 Å². The quantitative estimate of drug-likeness (QED) is 0.589. The highest BCUT2D eigenvalue weighted by atomic mass is 79.9. The first-order valence-corrected chi connectivity index (χ1v) is 5.92. The van der Waals surface area contributed by atoms with Crippen molar-refractivity contribution in [1.29, 1.82) is 0 Å². The summed E-state index contributed by atoms with van der Waals surface area (Å²) in [5.41, 5.74) is 0.412. The molecule has 1 aromatic rings. The summed E-state index contributed by atoms with van der Waals surface area (Å²) in [7, 11) is 0. The SMILES string of the molecule is CC#CC#CC#CC#COC(=O)c1cccc(Br)c1. The zero-order chi connectivity index (χ0) is 13.9. The van der Waals surface area contributed by atoms with Crippen molar-refractivity contribution in [2.45, 2.75) is 6.92 Å². The molecule has 3 heteroatoms. The summed E-state index contributed by atoms with van der Waals surface area (Å²) < 4.78 is 5.50. The van der Waals surface area contributed by atoms with E-state index < -0.39 is 5.97 Å². The minimum Gasteiger partial charge on any atom is -0.367 e. The Labute approximate surface area is 120 Å². The van der Waals surface area contributed by atoms with Gasteiger partial charge in [-0.15, -0.1) is 0 Å². The van der Waals surface area contributed by atoms with Crippen LogP contribution in [-0.2, 0) is 4.74 Å². The zero-order valence-electron chi connectivity index (χ0n) is 10.0. The smallest absolute Gasteiger partial charge is 0.352 e. The lowest BCUT2D eigenvalue weighted by molar-refractivity contribution is 0.0690. The van der Waals surface area contributed by atoms with Crippen molar-refractivity contribution < 1.29 is 9.53 Å². The van der Waals surface area contributed by atoms with Gasteiger partial charge in [-0.2, -0.15) is 0 Å². The van der Waals surface area contributed by atoms with Crippen LogP contribution in [0.2, 0.25) is 0 Å². The van der Waals surface area contributed by atoms with Crippen molar-refractivity contribution in [2.75, 3.05) is 0 Å². The second-order valence-corrected chi connectivity index (χ2v) is 3.92. The van der Waals surface area contributed by atoms with Crippen LogP contribution in [-0.4, -0.2) is 5.97 Å². The van der Waals surface area contributed by atoms with E-state index in [4.69, 9.17) is 4.74 Å². The summed E-state index contributed by atoms with van der Waals surface area (Å²) in [5, 5.41) is 0. The zero-order valence-corrected chi connectivity index (χ0v) is 11.6. The molecule has 0 aliphatic rings. The lowest BCUT2D eigenvalue weighted by atomic mass is 10.2. The average molecular weight is 311 g/mol. The van der Waals surface area contributed by atoms with Crippen molar-refractivity contribution >= 4 is 21.9 Å². The van der Waals surface area contributed by atoms with Crippen molar-refractivity contribution in [1.82, 2.24) is 0 Å². The fourth-order valence-electron chi connectivity index (χ4n) is 0.959. The molecule has 19 heavy (non-hydrogen) atoms. The van der Waals surface area contributed by atoms with Crippen molar-refractivity contribution in [3.8, 4) is 47.5 Å². The normalized spacial score (nSPS) is 7.05. The Kier molecular flexibility index (Phi) is 6.47. The number of carbonyl (C=O) groups excluding carboxylic acids is 1. The van der Waals surface area contributed by atoms with E-state index in [9.17, 15) is 4.79 Å². The molecule has 0 bridgehead atoms. The lowest BCUT2D eigenvalue weighted by Crippen LogP contribution is -2.00. The first kappa shape index (κ1) is 14.5. The van der Waals surface area contributed by atoms with Gasteiger partial charge in [0.15, 0.2) is 0 Å². The van der Waals surface area contributed by atoms with Gasteiger partial charge in [-0.05, 0) is 42.9 Å². The van der Waals surface area contributed by atoms with Crippen molar-refractivity contribution in [3.05, 3.63) is 34.3 Å². The molecule has 2 nitrogen and oxygen atoms in total. The van der Waals surface area contributed by atoms with E-state index in [0.717, 1.165) is 4.47 Å². The number of hydrogen-bond donors (Lipinski definition) is 0. The summed E-state index contributed by atoms with van der Waals surface area (Å²) in [4.78, 5) is 11.5. The van der Waals surface area contributed by atoms with Gasteiger partial charge in [0.2, 0.25) is 0 Å². The second-order valence-electron chi connectivity index (χ2n) is 3.00. The summed E-state index contributed by atoms with van der Waals surface area (Å²) in [6, 6.07) is 6.82. The minimum absolute atomic E-state index is 0.412. The van der Waals surface area contributed by atoms with Crippen LogP contribution < -0.4 is 0 Å². The van der Waals surface area contributed by atoms with Gasteiger partial charge in [0, 0.05) is 22.2 Å². The molecule has 0 aromatic heterocycles. The summed E-state index contributed by atoms with van der Waals surface area (Å²) in [6.07, 6.45) is 2.20. The van der Waals surface area contributed by atoms with E-state index in [1.165, 1.54) is 0 Å². The summed E-state index contributed by atoms with van der Waals surface area (Å²) >= 11 is 3.26. The molecule has 1 aromatic carbocycles.